The van der Waals surface area contributed by atoms with Crippen molar-refractivity contribution < 1.29 is 19.0 Å². The molecule has 0 fully saturated rings. The summed E-state index contributed by atoms with van der Waals surface area (Å²) in [5, 5.41) is 2.87. The summed E-state index contributed by atoms with van der Waals surface area (Å²) in [5.41, 5.74) is 2.19. The van der Waals surface area contributed by atoms with Crippen molar-refractivity contribution in [3.05, 3.63) is 53.6 Å². The van der Waals surface area contributed by atoms with Crippen LogP contribution in [0.5, 0.6) is 17.2 Å². The molecule has 0 atom stereocenters. The predicted octanol–water partition coefficient (Wildman–Crippen LogP) is 2.37. The molecule has 2 aromatic carbocycles. The van der Waals surface area contributed by atoms with Gasteiger partial charge in [-0.15, -0.1) is 0 Å². The molecule has 5 heteroatoms. The van der Waals surface area contributed by atoms with Gasteiger partial charge in [-0.05, 0) is 41.5 Å². The molecule has 24 heavy (non-hydrogen) atoms. The largest absolute Gasteiger partial charge is 0.497 e. The molecule has 5 nitrogen and oxygen atoms in total. The fraction of sp³-hybridized carbons (Fsp3) is 0.316. The van der Waals surface area contributed by atoms with Crippen LogP contribution in [0.25, 0.3) is 0 Å². The lowest BCUT2D eigenvalue weighted by atomic mass is 10.1. The van der Waals surface area contributed by atoms with E-state index in [-0.39, 0.29) is 5.91 Å². The molecule has 1 aliphatic rings. The Balaban J connectivity index is 1.39. The third-order valence-electron chi connectivity index (χ3n) is 3.87. The zero-order chi connectivity index (χ0) is 16.8. The van der Waals surface area contributed by atoms with Crippen molar-refractivity contribution >= 4 is 5.91 Å². The summed E-state index contributed by atoms with van der Waals surface area (Å²) in [4.78, 5) is 12.0. The summed E-state index contributed by atoms with van der Waals surface area (Å²) < 4.78 is 16.1. The molecular formula is C19H21NO4. The Hall–Kier alpha value is -2.69. The molecule has 3 rings (SSSR count). The first kappa shape index (κ1) is 16.2. The second-order valence-electron chi connectivity index (χ2n) is 5.59. The molecule has 1 amide bonds. The van der Waals surface area contributed by atoms with Crippen LogP contribution in [0.4, 0.5) is 0 Å². The van der Waals surface area contributed by atoms with Crippen LogP contribution < -0.4 is 19.5 Å². The molecule has 0 spiro atoms. The average Bonchev–Trinajstić information content (AvgIpc) is 3.07. The van der Waals surface area contributed by atoms with Gasteiger partial charge >= 0.3 is 0 Å². The van der Waals surface area contributed by atoms with Crippen molar-refractivity contribution in [2.45, 2.75) is 12.8 Å². The Bertz CT molecular complexity index is 697. The van der Waals surface area contributed by atoms with E-state index in [1.54, 1.807) is 7.11 Å². The molecule has 0 aromatic heterocycles. The second-order valence-corrected chi connectivity index (χ2v) is 5.59. The summed E-state index contributed by atoms with van der Waals surface area (Å²) in [7, 11) is 1.62. The highest BCUT2D eigenvalue weighted by atomic mass is 16.5. The molecule has 0 aliphatic carbocycles. The molecule has 0 saturated heterocycles. The third kappa shape index (κ3) is 4.19. The van der Waals surface area contributed by atoms with E-state index in [9.17, 15) is 4.79 Å². The standard InChI is InChI=1S/C19H21NO4/c1-22-16-3-5-17(6-4-16)23-11-9-20-19(21)13-14-2-7-18-15(12-14)8-10-24-18/h2-7,12H,8-11,13H2,1H3,(H,20,21). The van der Waals surface area contributed by atoms with Gasteiger partial charge < -0.3 is 19.5 Å². The number of carbonyl (C=O) groups excluding carboxylic acids is 1. The van der Waals surface area contributed by atoms with Gasteiger partial charge in [0.05, 0.1) is 26.7 Å². The molecule has 2 aromatic rings. The van der Waals surface area contributed by atoms with Crippen LogP contribution in [-0.4, -0.2) is 32.8 Å². The lowest BCUT2D eigenvalue weighted by molar-refractivity contribution is -0.120. The van der Waals surface area contributed by atoms with Gasteiger partial charge in [-0.3, -0.25) is 4.79 Å². The summed E-state index contributed by atoms with van der Waals surface area (Å²) >= 11 is 0. The van der Waals surface area contributed by atoms with E-state index in [0.717, 1.165) is 35.8 Å². The van der Waals surface area contributed by atoms with Gasteiger partial charge in [0.2, 0.25) is 5.91 Å². The summed E-state index contributed by atoms with van der Waals surface area (Å²) in [5.74, 6) is 2.47. The minimum atomic E-state index is -0.00723. The summed E-state index contributed by atoms with van der Waals surface area (Å²) in [6, 6.07) is 13.3. The van der Waals surface area contributed by atoms with Crippen LogP contribution in [0.15, 0.2) is 42.5 Å². The molecule has 0 bridgehead atoms. The van der Waals surface area contributed by atoms with E-state index in [1.807, 2.05) is 36.4 Å². The molecule has 1 N–H and O–H groups in total. The molecular weight excluding hydrogens is 306 g/mol. The van der Waals surface area contributed by atoms with Crippen molar-refractivity contribution in [2.75, 3.05) is 26.9 Å². The van der Waals surface area contributed by atoms with Gasteiger partial charge in [0.1, 0.15) is 23.9 Å². The van der Waals surface area contributed by atoms with Crippen molar-refractivity contribution in [3.63, 3.8) is 0 Å². The SMILES string of the molecule is COc1ccc(OCCNC(=O)Cc2ccc3c(c2)CCO3)cc1. The van der Waals surface area contributed by atoms with Crippen LogP contribution in [-0.2, 0) is 17.6 Å². The number of ether oxygens (including phenoxy) is 3. The van der Waals surface area contributed by atoms with Gasteiger partial charge in [0.15, 0.2) is 0 Å². The highest BCUT2D eigenvalue weighted by Gasteiger charge is 2.13. The quantitative estimate of drug-likeness (QED) is 0.793. The van der Waals surface area contributed by atoms with Crippen LogP contribution in [0, 0.1) is 0 Å². The molecule has 1 heterocycles. The Morgan fingerprint density at radius 3 is 2.75 bits per heavy atom. The van der Waals surface area contributed by atoms with E-state index in [0.29, 0.717) is 19.6 Å². The maximum absolute atomic E-state index is 12.0. The fourth-order valence-corrected chi connectivity index (χ4v) is 2.63. The van der Waals surface area contributed by atoms with Crippen molar-refractivity contribution in [3.8, 4) is 17.2 Å². The smallest absolute Gasteiger partial charge is 0.224 e. The molecule has 126 valence electrons. The van der Waals surface area contributed by atoms with Crippen molar-refractivity contribution in [1.82, 2.24) is 5.32 Å². The van der Waals surface area contributed by atoms with E-state index >= 15 is 0 Å². The Morgan fingerprint density at radius 1 is 1.17 bits per heavy atom. The molecule has 0 radical (unpaired) electrons. The summed E-state index contributed by atoms with van der Waals surface area (Å²) in [6.07, 6.45) is 1.29. The lowest BCUT2D eigenvalue weighted by Gasteiger charge is -2.09. The van der Waals surface area contributed by atoms with Crippen molar-refractivity contribution in [1.29, 1.82) is 0 Å². The topological polar surface area (TPSA) is 56.8 Å². The number of benzene rings is 2. The zero-order valence-corrected chi connectivity index (χ0v) is 13.7. The maximum atomic E-state index is 12.0. The number of hydrogen-bond acceptors (Lipinski definition) is 4. The average molecular weight is 327 g/mol. The number of fused-ring (bicyclic) bond motifs is 1. The van der Waals surface area contributed by atoms with Crippen LogP contribution in [0.1, 0.15) is 11.1 Å². The van der Waals surface area contributed by atoms with Crippen LogP contribution >= 0.6 is 0 Å². The van der Waals surface area contributed by atoms with Gasteiger partial charge in [0.25, 0.3) is 0 Å². The van der Waals surface area contributed by atoms with Gasteiger partial charge in [-0.25, -0.2) is 0 Å². The van der Waals surface area contributed by atoms with E-state index < -0.39 is 0 Å². The monoisotopic (exact) mass is 327 g/mol. The molecule has 0 unspecified atom stereocenters. The van der Waals surface area contributed by atoms with Crippen molar-refractivity contribution in [2.24, 2.45) is 0 Å². The van der Waals surface area contributed by atoms with E-state index in [4.69, 9.17) is 14.2 Å². The predicted molar refractivity (Wildman–Crippen MR) is 90.8 cm³/mol. The number of rotatable bonds is 7. The van der Waals surface area contributed by atoms with Gasteiger partial charge in [-0.2, -0.15) is 0 Å². The number of carbonyl (C=O) groups is 1. The maximum Gasteiger partial charge on any atom is 0.224 e. The summed E-state index contributed by atoms with van der Waals surface area (Å²) in [6.45, 7) is 1.63. The Morgan fingerprint density at radius 2 is 1.96 bits per heavy atom. The van der Waals surface area contributed by atoms with Gasteiger partial charge in [0, 0.05) is 6.42 Å². The Kier molecular flexibility index (Phi) is 5.21. The normalized spacial score (nSPS) is 12.2. The third-order valence-corrected chi connectivity index (χ3v) is 3.87. The van der Waals surface area contributed by atoms with Gasteiger partial charge in [-0.1, -0.05) is 12.1 Å². The fourth-order valence-electron chi connectivity index (χ4n) is 2.63. The first-order chi connectivity index (χ1) is 11.7. The first-order valence-electron chi connectivity index (χ1n) is 8.03. The van der Waals surface area contributed by atoms with E-state index in [2.05, 4.69) is 11.4 Å². The number of hydrogen-bond donors (Lipinski definition) is 1. The number of methoxy groups -OCH3 is 1. The molecule has 0 saturated carbocycles. The minimum absolute atomic E-state index is 0.00723. The number of amides is 1. The number of nitrogens with one attached hydrogen (secondary N) is 1. The van der Waals surface area contributed by atoms with E-state index in [1.165, 1.54) is 5.56 Å². The Labute approximate surface area is 141 Å². The molecule has 1 aliphatic heterocycles. The highest BCUT2D eigenvalue weighted by molar-refractivity contribution is 5.78. The second kappa shape index (κ2) is 7.73. The first-order valence-corrected chi connectivity index (χ1v) is 8.03. The zero-order valence-electron chi connectivity index (χ0n) is 13.7. The minimum Gasteiger partial charge on any atom is -0.497 e. The van der Waals surface area contributed by atoms with Crippen LogP contribution in [0.3, 0.4) is 0 Å². The lowest BCUT2D eigenvalue weighted by Crippen LogP contribution is -2.29. The van der Waals surface area contributed by atoms with Crippen LogP contribution in [0.2, 0.25) is 0 Å². The highest BCUT2D eigenvalue weighted by Crippen LogP contribution is 2.25.